The van der Waals surface area contributed by atoms with E-state index in [1.807, 2.05) is 6.08 Å². The van der Waals surface area contributed by atoms with Crippen LogP contribution in [0.1, 0.15) is 26.7 Å². The number of allylic oxidation sites excluding steroid dienone is 1. The summed E-state index contributed by atoms with van der Waals surface area (Å²) in [6.07, 6.45) is 8.26. The van der Waals surface area contributed by atoms with Gasteiger partial charge in [0.1, 0.15) is 0 Å². The van der Waals surface area contributed by atoms with E-state index >= 15 is 0 Å². The molecule has 0 aromatic heterocycles. The third-order valence-corrected chi connectivity index (χ3v) is 1.25. The molecule has 70 valence electrons. The third kappa shape index (κ3) is 24.9. The van der Waals surface area contributed by atoms with Crippen LogP contribution in [0.5, 0.6) is 0 Å². The van der Waals surface area contributed by atoms with Crippen molar-refractivity contribution in [2.75, 3.05) is 0 Å². The van der Waals surface area contributed by atoms with Gasteiger partial charge < -0.3 is 24.5 Å². The van der Waals surface area contributed by atoms with Crippen LogP contribution in [0.4, 0.5) is 0 Å². The zero-order valence-electron chi connectivity index (χ0n) is 9.16. The SMILES string of the molecule is C=C=C[CH-]C[C-](C)C[CH-]C.[Y].[Y].[Y].[Y]. The summed E-state index contributed by atoms with van der Waals surface area (Å²) in [5, 5.41) is 0. The minimum absolute atomic E-state index is 0. The summed E-state index contributed by atoms with van der Waals surface area (Å²) >= 11 is 0. The number of hydrogen-bond donors (Lipinski definition) is 0. The largest absolute Gasteiger partial charge is 0.360 e. The normalized spacial score (nSPS) is 6.50. The molecule has 0 atom stereocenters. The Morgan fingerprint density at radius 3 is 2.07 bits per heavy atom. The van der Waals surface area contributed by atoms with Gasteiger partial charge in [-0.3, -0.25) is 6.42 Å². The molecule has 0 rings (SSSR count). The van der Waals surface area contributed by atoms with Gasteiger partial charge >= 0.3 is 0 Å². The first-order valence-electron chi connectivity index (χ1n) is 3.58. The van der Waals surface area contributed by atoms with Crippen molar-refractivity contribution in [2.24, 2.45) is 0 Å². The maximum Gasteiger partial charge on any atom is 0 e. The summed E-state index contributed by atoms with van der Waals surface area (Å²) < 4.78 is 0. The van der Waals surface area contributed by atoms with Gasteiger partial charge in [0.25, 0.3) is 0 Å². The van der Waals surface area contributed by atoms with E-state index in [1.54, 1.807) is 0 Å². The molecular weight excluding hydrogens is 476 g/mol. The predicted octanol–water partition coefficient (Wildman–Crippen LogP) is 3.12. The maximum atomic E-state index is 3.47. The zero-order valence-corrected chi connectivity index (χ0v) is 20.5. The Kier molecular flexibility index (Phi) is 56.1. The molecule has 4 radical (unpaired) electrons. The molecule has 4 heteroatoms. The molecule has 0 aromatic carbocycles. The molecule has 0 saturated carbocycles. The van der Waals surface area contributed by atoms with Gasteiger partial charge in [0, 0.05) is 131 Å². The van der Waals surface area contributed by atoms with Crippen LogP contribution in [-0.4, -0.2) is 0 Å². The van der Waals surface area contributed by atoms with Gasteiger partial charge in [-0.25, -0.2) is 12.5 Å². The summed E-state index contributed by atoms with van der Waals surface area (Å²) in [6, 6.07) is 0. The Bertz CT molecular complexity index is 119. The molecule has 0 fully saturated rings. The van der Waals surface area contributed by atoms with Gasteiger partial charge in [0.05, 0.1) is 0 Å². The molecule has 0 saturated heterocycles. The van der Waals surface area contributed by atoms with Crippen LogP contribution in [0, 0.1) is 18.8 Å². The summed E-state index contributed by atoms with van der Waals surface area (Å²) in [7, 11) is 0. The van der Waals surface area contributed by atoms with E-state index in [0.29, 0.717) is 0 Å². The Hall–Kier alpha value is 3.81. The van der Waals surface area contributed by atoms with Crippen LogP contribution < -0.4 is 0 Å². The summed E-state index contributed by atoms with van der Waals surface area (Å²) in [6.45, 7) is 7.71. The van der Waals surface area contributed by atoms with Crippen LogP contribution in [0.15, 0.2) is 18.4 Å². The van der Waals surface area contributed by atoms with Crippen molar-refractivity contribution in [1.29, 1.82) is 0 Å². The smallest absolute Gasteiger partial charge is 0 e. The average molecular weight is 491 g/mol. The van der Waals surface area contributed by atoms with Gasteiger partial charge in [-0.15, -0.1) is 0 Å². The van der Waals surface area contributed by atoms with E-state index in [4.69, 9.17) is 0 Å². The molecule has 0 nitrogen and oxygen atoms in total. The van der Waals surface area contributed by atoms with Crippen LogP contribution in [0.3, 0.4) is 0 Å². The molecular formula is C10H15Y4-3. The molecule has 0 aliphatic heterocycles. The van der Waals surface area contributed by atoms with Crippen LogP contribution in [0.25, 0.3) is 0 Å². The second kappa shape index (κ2) is 25.6. The number of rotatable bonds is 5. The summed E-state index contributed by atoms with van der Waals surface area (Å²) in [5.74, 6) is 1.48. The predicted molar refractivity (Wildman–Crippen MR) is 46.1 cm³/mol. The van der Waals surface area contributed by atoms with Crippen LogP contribution >= 0.6 is 0 Å². The van der Waals surface area contributed by atoms with E-state index in [2.05, 4.69) is 39.0 Å². The maximum absolute atomic E-state index is 3.47. The van der Waals surface area contributed by atoms with Gasteiger partial charge in [-0.1, -0.05) is 0 Å². The first kappa shape index (κ1) is 30.7. The van der Waals surface area contributed by atoms with Crippen molar-refractivity contribution < 1.29 is 131 Å². The van der Waals surface area contributed by atoms with Crippen LogP contribution in [0.2, 0.25) is 0 Å². The molecule has 0 bridgehead atoms. The second-order valence-corrected chi connectivity index (χ2v) is 2.38. The van der Waals surface area contributed by atoms with Gasteiger partial charge in [-0.2, -0.15) is 20.4 Å². The van der Waals surface area contributed by atoms with E-state index in [9.17, 15) is 0 Å². The van der Waals surface area contributed by atoms with Crippen molar-refractivity contribution in [3.8, 4) is 0 Å². The van der Waals surface area contributed by atoms with Crippen molar-refractivity contribution >= 4 is 0 Å². The Morgan fingerprint density at radius 1 is 1.21 bits per heavy atom. The minimum atomic E-state index is 0. The Morgan fingerprint density at radius 2 is 1.71 bits per heavy atom. The molecule has 0 heterocycles. The Labute approximate surface area is 190 Å². The number of hydrogen-bond acceptors (Lipinski definition) is 0. The summed E-state index contributed by atoms with van der Waals surface area (Å²) in [5.41, 5.74) is 2.71. The monoisotopic (exact) mass is 491 g/mol. The fourth-order valence-electron chi connectivity index (χ4n) is 0.775. The molecule has 0 spiro atoms. The fourth-order valence-corrected chi connectivity index (χ4v) is 0.775. The first-order valence-corrected chi connectivity index (χ1v) is 3.58. The van der Waals surface area contributed by atoms with E-state index in [0.717, 1.165) is 12.8 Å². The molecule has 0 unspecified atom stereocenters. The fraction of sp³-hybridized carbons (Fsp3) is 0.400. The van der Waals surface area contributed by atoms with Crippen LogP contribution in [-0.2, 0) is 131 Å². The van der Waals surface area contributed by atoms with E-state index < -0.39 is 0 Å². The molecule has 14 heavy (non-hydrogen) atoms. The van der Waals surface area contributed by atoms with E-state index in [-0.39, 0.29) is 131 Å². The standard InChI is InChI=1S/C10H15.4Y/c1-4-6-7-9-10(3)8-5-2;;;;/h5-7H,1,8-9H2,2-3H3;;;;/q-3;;;;. The molecule has 0 aromatic rings. The Balaban J connectivity index is -0.0000000675. The van der Waals surface area contributed by atoms with Gasteiger partial charge in [-0.05, 0) is 0 Å². The minimum Gasteiger partial charge on any atom is -0.360 e. The molecule has 0 amide bonds. The average Bonchev–Trinajstić information content (AvgIpc) is 1.89. The zero-order chi connectivity index (χ0) is 7.82. The van der Waals surface area contributed by atoms with Crippen molar-refractivity contribution in [3.05, 3.63) is 37.1 Å². The molecule has 0 aliphatic carbocycles. The quantitative estimate of drug-likeness (QED) is 0.410. The van der Waals surface area contributed by atoms with Gasteiger partial charge in [0.15, 0.2) is 0 Å². The van der Waals surface area contributed by atoms with Crippen molar-refractivity contribution in [2.45, 2.75) is 26.7 Å². The first-order chi connectivity index (χ1) is 4.81. The second-order valence-electron chi connectivity index (χ2n) is 2.38. The van der Waals surface area contributed by atoms with Gasteiger partial charge in [0.2, 0.25) is 0 Å². The topological polar surface area (TPSA) is 0 Å². The molecule has 0 N–H and O–H groups in total. The third-order valence-electron chi connectivity index (χ3n) is 1.25. The van der Waals surface area contributed by atoms with Crippen molar-refractivity contribution in [3.63, 3.8) is 0 Å². The summed E-state index contributed by atoms with van der Waals surface area (Å²) in [4.78, 5) is 0. The van der Waals surface area contributed by atoms with Crippen molar-refractivity contribution in [1.82, 2.24) is 0 Å². The molecule has 0 aliphatic rings. The van der Waals surface area contributed by atoms with E-state index in [1.165, 1.54) is 5.92 Å².